The Labute approximate surface area is 105 Å². The zero-order valence-electron chi connectivity index (χ0n) is 10.3. The number of fused-ring (bicyclic) bond motifs is 1. The fourth-order valence-corrected chi connectivity index (χ4v) is 1.88. The van der Waals surface area contributed by atoms with Gasteiger partial charge in [-0.05, 0) is 25.0 Å². The number of H-pyrrole nitrogens is 1. The third-order valence-corrected chi connectivity index (χ3v) is 3.01. The number of aliphatic hydroxyl groups excluding tert-OH is 1. The minimum atomic E-state index is -0.119. The molecule has 0 spiro atoms. The molecule has 0 aliphatic carbocycles. The van der Waals surface area contributed by atoms with Crippen molar-refractivity contribution < 1.29 is 9.90 Å². The summed E-state index contributed by atoms with van der Waals surface area (Å²) in [6, 6.07) is 5.43. The van der Waals surface area contributed by atoms with Crippen LogP contribution in [-0.4, -0.2) is 33.9 Å². The average Bonchev–Trinajstić information content (AvgIpc) is 2.85. The summed E-state index contributed by atoms with van der Waals surface area (Å²) in [7, 11) is 0. The number of carbonyl (C=O) groups excluding carboxylic acids is 1. The van der Waals surface area contributed by atoms with Crippen LogP contribution in [0.2, 0.25) is 0 Å². The lowest BCUT2D eigenvalue weighted by Gasteiger charge is -2.15. The predicted molar refractivity (Wildman–Crippen MR) is 69.3 cm³/mol. The fraction of sp³-hybridized carbons (Fsp3) is 0.385. The Morgan fingerprint density at radius 3 is 3.11 bits per heavy atom. The van der Waals surface area contributed by atoms with Crippen molar-refractivity contribution in [3.8, 4) is 0 Å². The predicted octanol–water partition coefficient (Wildman–Crippen LogP) is 1.45. The minimum Gasteiger partial charge on any atom is -0.396 e. The highest BCUT2D eigenvalue weighted by atomic mass is 16.3. The van der Waals surface area contributed by atoms with Gasteiger partial charge < -0.3 is 10.4 Å². The van der Waals surface area contributed by atoms with Crippen molar-refractivity contribution in [2.24, 2.45) is 0 Å². The van der Waals surface area contributed by atoms with E-state index in [1.807, 2.05) is 13.0 Å². The van der Waals surface area contributed by atoms with E-state index >= 15 is 0 Å². The van der Waals surface area contributed by atoms with E-state index in [2.05, 4.69) is 15.5 Å². The lowest BCUT2D eigenvalue weighted by atomic mass is 10.1. The molecule has 1 heterocycles. The second kappa shape index (κ2) is 5.64. The van der Waals surface area contributed by atoms with Crippen molar-refractivity contribution in [1.29, 1.82) is 0 Å². The number of hydrogen-bond acceptors (Lipinski definition) is 3. The van der Waals surface area contributed by atoms with Gasteiger partial charge in [-0.2, -0.15) is 5.10 Å². The second-order valence-electron chi connectivity index (χ2n) is 4.26. The molecule has 0 radical (unpaired) electrons. The van der Waals surface area contributed by atoms with Crippen LogP contribution in [0.15, 0.2) is 24.4 Å². The summed E-state index contributed by atoms with van der Waals surface area (Å²) in [5, 5.41) is 19.5. The molecule has 0 fully saturated rings. The first-order valence-corrected chi connectivity index (χ1v) is 6.09. The Kier molecular flexibility index (Phi) is 3.94. The lowest BCUT2D eigenvalue weighted by Crippen LogP contribution is -2.35. The number of rotatable bonds is 5. The average molecular weight is 247 g/mol. The zero-order chi connectivity index (χ0) is 13.0. The van der Waals surface area contributed by atoms with E-state index in [9.17, 15) is 4.79 Å². The second-order valence-corrected chi connectivity index (χ2v) is 4.26. The van der Waals surface area contributed by atoms with Crippen LogP contribution in [0.25, 0.3) is 10.9 Å². The highest BCUT2D eigenvalue weighted by molar-refractivity contribution is 5.97. The number of amides is 1. The van der Waals surface area contributed by atoms with Crippen LogP contribution in [0.4, 0.5) is 0 Å². The van der Waals surface area contributed by atoms with E-state index in [1.54, 1.807) is 18.3 Å². The summed E-state index contributed by atoms with van der Waals surface area (Å²) >= 11 is 0. The molecular formula is C13H17N3O2. The number of aromatic amines is 1. The maximum absolute atomic E-state index is 12.0. The van der Waals surface area contributed by atoms with Crippen molar-refractivity contribution in [1.82, 2.24) is 15.5 Å². The molecule has 96 valence electrons. The molecule has 3 N–H and O–H groups in total. The van der Waals surface area contributed by atoms with Gasteiger partial charge in [0.2, 0.25) is 0 Å². The summed E-state index contributed by atoms with van der Waals surface area (Å²) in [5.74, 6) is -0.119. The SMILES string of the molecule is CCC(CCO)NC(=O)c1ccc2cn[nH]c2c1. The quantitative estimate of drug-likeness (QED) is 0.748. The first-order valence-electron chi connectivity index (χ1n) is 6.09. The number of carbonyl (C=O) groups is 1. The van der Waals surface area contributed by atoms with E-state index in [1.165, 1.54) is 0 Å². The van der Waals surface area contributed by atoms with Crippen molar-refractivity contribution in [2.45, 2.75) is 25.8 Å². The van der Waals surface area contributed by atoms with Gasteiger partial charge in [0.25, 0.3) is 5.91 Å². The number of aromatic nitrogens is 2. The largest absolute Gasteiger partial charge is 0.396 e. The maximum atomic E-state index is 12.0. The molecule has 5 nitrogen and oxygen atoms in total. The van der Waals surface area contributed by atoms with Gasteiger partial charge in [-0.25, -0.2) is 0 Å². The topological polar surface area (TPSA) is 78.0 Å². The molecule has 1 amide bonds. The molecule has 18 heavy (non-hydrogen) atoms. The van der Waals surface area contributed by atoms with E-state index in [-0.39, 0.29) is 18.6 Å². The van der Waals surface area contributed by atoms with E-state index < -0.39 is 0 Å². The van der Waals surface area contributed by atoms with Gasteiger partial charge in [-0.3, -0.25) is 9.89 Å². The minimum absolute atomic E-state index is 0.0139. The van der Waals surface area contributed by atoms with Crippen LogP contribution in [0, 0.1) is 0 Å². The van der Waals surface area contributed by atoms with Crippen LogP contribution in [0.5, 0.6) is 0 Å². The van der Waals surface area contributed by atoms with Crippen LogP contribution in [0.3, 0.4) is 0 Å². The molecule has 0 aliphatic heterocycles. The van der Waals surface area contributed by atoms with E-state index in [0.29, 0.717) is 12.0 Å². The molecule has 5 heteroatoms. The molecule has 0 aliphatic rings. The molecule has 2 rings (SSSR count). The van der Waals surface area contributed by atoms with E-state index in [4.69, 9.17) is 5.11 Å². The van der Waals surface area contributed by atoms with Gasteiger partial charge in [-0.1, -0.05) is 13.0 Å². The molecule has 0 bridgehead atoms. The molecule has 0 saturated heterocycles. The number of benzene rings is 1. The highest BCUT2D eigenvalue weighted by Crippen LogP contribution is 2.13. The highest BCUT2D eigenvalue weighted by Gasteiger charge is 2.12. The molecule has 2 aromatic rings. The van der Waals surface area contributed by atoms with Crippen molar-refractivity contribution >= 4 is 16.8 Å². The molecule has 1 unspecified atom stereocenters. The van der Waals surface area contributed by atoms with Gasteiger partial charge in [0.05, 0.1) is 11.7 Å². The smallest absolute Gasteiger partial charge is 0.251 e. The van der Waals surface area contributed by atoms with Crippen LogP contribution in [0.1, 0.15) is 30.1 Å². The Hall–Kier alpha value is -1.88. The molecule has 1 aromatic carbocycles. The van der Waals surface area contributed by atoms with Crippen LogP contribution in [-0.2, 0) is 0 Å². The van der Waals surface area contributed by atoms with Crippen LogP contribution >= 0.6 is 0 Å². The summed E-state index contributed by atoms with van der Waals surface area (Å²) in [6.07, 6.45) is 3.10. The third kappa shape index (κ3) is 2.68. The summed E-state index contributed by atoms with van der Waals surface area (Å²) in [6.45, 7) is 2.07. The van der Waals surface area contributed by atoms with Crippen molar-refractivity contribution in [2.75, 3.05) is 6.61 Å². The number of nitrogens with zero attached hydrogens (tertiary/aromatic N) is 1. The van der Waals surface area contributed by atoms with Gasteiger partial charge >= 0.3 is 0 Å². The Morgan fingerprint density at radius 2 is 2.39 bits per heavy atom. The molecular weight excluding hydrogens is 230 g/mol. The standard InChI is InChI=1S/C13H17N3O2/c1-2-11(5-6-17)15-13(18)9-3-4-10-8-14-16-12(10)7-9/h3-4,7-8,11,17H,2,5-6H2,1H3,(H,14,16)(H,15,18). The molecule has 1 aromatic heterocycles. The summed E-state index contributed by atoms with van der Waals surface area (Å²) in [5.41, 5.74) is 1.45. The van der Waals surface area contributed by atoms with Crippen molar-refractivity contribution in [3.05, 3.63) is 30.0 Å². The normalized spacial score (nSPS) is 12.6. The number of hydrogen-bond donors (Lipinski definition) is 3. The van der Waals surface area contributed by atoms with Gasteiger partial charge in [0.15, 0.2) is 0 Å². The Balaban J connectivity index is 2.12. The molecule has 1 atom stereocenters. The fourth-order valence-electron chi connectivity index (χ4n) is 1.88. The first-order chi connectivity index (χ1) is 8.74. The van der Waals surface area contributed by atoms with Crippen LogP contribution < -0.4 is 5.32 Å². The molecule has 0 saturated carbocycles. The third-order valence-electron chi connectivity index (χ3n) is 3.01. The van der Waals surface area contributed by atoms with Crippen molar-refractivity contribution in [3.63, 3.8) is 0 Å². The number of nitrogens with one attached hydrogen (secondary N) is 2. The Bertz CT molecular complexity index is 536. The van der Waals surface area contributed by atoms with Gasteiger partial charge in [0, 0.05) is 23.6 Å². The Morgan fingerprint density at radius 1 is 1.56 bits per heavy atom. The number of aliphatic hydroxyl groups is 1. The summed E-state index contributed by atoms with van der Waals surface area (Å²) < 4.78 is 0. The maximum Gasteiger partial charge on any atom is 0.251 e. The van der Waals surface area contributed by atoms with E-state index in [0.717, 1.165) is 17.3 Å². The monoisotopic (exact) mass is 247 g/mol. The summed E-state index contributed by atoms with van der Waals surface area (Å²) in [4.78, 5) is 12.0. The first kappa shape index (κ1) is 12.6. The van der Waals surface area contributed by atoms with Gasteiger partial charge in [0.1, 0.15) is 0 Å². The van der Waals surface area contributed by atoms with Gasteiger partial charge in [-0.15, -0.1) is 0 Å². The lowest BCUT2D eigenvalue weighted by molar-refractivity contribution is 0.0929. The zero-order valence-corrected chi connectivity index (χ0v) is 10.3.